The van der Waals surface area contributed by atoms with E-state index in [4.69, 9.17) is 14.5 Å². The number of hydrogen-bond donors (Lipinski definition) is 0. The normalized spacial score (nSPS) is 22.0. The Morgan fingerprint density at radius 1 is 1.00 bits per heavy atom. The molecule has 4 heteroatoms. The van der Waals surface area contributed by atoms with E-state index >= 15 is 0 Å². The van der Waals surface area contributed by atoms with Gasteiger partial charge in [-0.05, 0) is 25.2 Å². The molecule has 0 aliphatic carbocycles. The highest BCUT2D eigenvalue weighted by atomic mass is 16.5. The second-order valence-electron chi connectivity index (χ2n) is 8.02. The van der Waals surface area contributed by atoms with Gasteiger partial charge in [-0.2, -0.15) is 0 Å². The molecule has 122 valence electrons. The molecular weight excluding hydrogens is 264 g/mol. The van der Waals surface area contributed by atoms with Gasteiger partial charge in [-0.1, -0.05) is 41.5 Å². The Balaban J connectivity index is 0.000000491. The van der Waals surface area contributed by atoms with Crippen molar-refractivity contribution in [1.29, 1.82) is 0 Å². The van der Waals surface area contributed by atoms with Crippen molar-refractivity contribution in [2.24, 2.45) is 26.7 Å². The molecule has 2 heterocycles. The highest BCUT2D eigenvalue weighted by Crippen LogP contribution is 2.32. The number of rotatable bonds is 2. The minimum Gasteiger partial charge on any atom is -0.478 e. The highest BCUT2D eigenvalue weighted by molar-refractivity contribution is 6.05. The average molecular weight is 296 g/mol. The van der Waals surface area contributed by atoms with Gasteiger partial charge >= 0.3 is 0 Å². The van der Waals surface area contributed by atoms with Crippen molar-refractivity contribution in [2.75, 3.05) is 19.8 Å². The Labute approximate surface area is 130 Å². The minimum atomic E-state index is -0.337. The molecule has 21 heavy (non-hydrogen) atoms. The Morgan fingerprint density at radius 3 is 1.95 bits per heavy atom. The van der Waals surface area contributed by atoms with Gasteiger partial charge in [0.2, 0.25) is 0 Å². The first-order valence-corrected chi connectivity index (χ1v) is 7.94. The lowest BCUT2D eigenvalue weighted by Gasteiger charge is -2.23. The van der Waals surface area contributed by atoms with Crippen LogP contribution >= 0.6 is 0 Å². The maximum atomic E-state index is 5.76. The van der Waals surface area contributed by atoms with Crippen LogP contribution in [-0.2, 0) is 9.47 Å². The second-order valence-corrected chi connectivity index (χ2v) is 8.02. The summed E-state index contributed by atoms with van der Waals surface area (Å²) in [5, 5.41) is 0. The van der Waals surface area contributed by atoms with Crippen LogP contribution < -0.4 is 0 Å². The first-order chi connectivity index (χ1) is 9.55. The van der Waals surface area contributed by atoms with Crippen molar-refractivity contribution in [3.05, 3.63) is 0 Å². The molecule has 1 unspecified atom stereocenters. The third-order valence-electron chi connectivity index (χ3n) is 3.31. The number of ether oxygens (including phenoxy) is 2. The monoisotopic (exact) mass is 296 g/mol. The van der Waals surface area contributed by atoms with Crippen LogP contribution in [0.4, 0.5) is 0 Å². The molecule has 0 bridgehead atoms. The van der Waals surface area contributed by atoms with Crippen LogP contribution in [0.5, 0.6) is 0 Å². The van der Waals surface area contributed by atoms with E-state index in [0.717, 1.165) is 24.3 Å². The summed E-state index contributed by atoms with van der Waals surface area (Å²) in [5.74, 6) is 2.35. The quantitative estimate of drug-likeness (QED) is 0.774. The lowest BCUT2D eigenvalue weighted by molar-refractivity contribution is 0.223. The van der Waals surface area contributed by atoms with Crippen molar-refractivity contribution in [3.8, 4) is 0 Å². The van der Waals surface area contributed by atoms with Gasteiger partial charge in [0.1, 0.15) is 18.6 Å². The summed E-state index contributed by atoms with van der Waals surface area (Å²) in [6.45, 7) is 19.2. The van der Waals surface area contributed by atoms with Gasteiger partial charge < -0.3 is 9.47 Å². The Bertz CT molecular complexity index is 401. The topological polar surface area (TPSA) is 43.2 Å². The highest BCUT2D eigenvalue weighted by Gasteiger charge is 2.41. The van der Waals surface area contributed by atoms with E-state index in [1.807, 2.05) is 0 Å². The Morgan fingerprint density at radius 2 is 1.57 bits per heavy atom. The summed E-state index contributed by atoms with van der Waals surface area (Å²) in [5.41, 5.74) is -0.202. The summed E-state index contributed by atoms with van der Waals surface area (Å²) >= 11 is 0. The maximum absolute atomic E-state index is 5.76. The van der Waals surface area contributed by atoms with Gasteiger partial charge in [0.05, 0.1) is 12.6 Å². The van der Waals surface area contributed by atoms with Crippen LogP contribution in [0, 0.1) is 16.7 Å². The maximum Gasteiger partial charge on any atom is 0.199 e. The first kappa shape index (κ1) is 18.0. The zero-order chi connectivity index (χ0) is 16.3. The molecular formula is C17H32N2O2. The summed E-state index contributed by atoms with van der Waals surface area (Å²) in [6, 6.07) is 0.221. The molecule has 0 fully saturated rings. The summed E-state index contributed by atoms with van der Waals surface area (Å²) in [4.78, 5) is 9.08. The van der Waals surface area contributed by atoms with E-state index in [-0.39, 0.29) is 16.9 Å². The molecule has 0 aromatic heterocycles. The molecule has 2 aliphatic rings. The molecule has 0 N–H and O–H groups in total. The molecule has 0 saturated heterocycles. The van der Waals surface area contributed by atoms with E-state index in [2.05, 4.69) is 60.4 Å². The van der Waals surface area contributed by atoms with E-state index in [1.165, 1.54) is 0 Å². The van der Waals surface area contributed by atoms with Crippen LogP contribution in [0.25, 0.3) is 0 Å². The van der Waals surface area contributed by atoms with Crippen LogP contribution in [0.3, 0.4) is 0 Å². The van der Waals surface area contributed by atoms with E-state index < -0.39 is 0 Å². The standard InChI is InChI=1S/C13H22N2O2.C4H10/c1-12(2,3)9-8-17-11(15-9)13(4,5)10-14-6-7-16-10;1-4(2)3/h9H,6-8H2,1-5H3;4H,1-3H3. The SMILES string of the molecule is CC(C)(C1=NCCO1)C1=NC(C(C)(C)C)CO1.CC(C)C. The van der Waals surface area contributed by atoms with E-state index in [9.17, 15) is 0 Å². The fourth-order valence-corrected chi connectivity index (χ4v) is 1.96. The van der Waals surface area contributed by atoms with Crippen molar-refractivity contribution >= 4 is 11.8 Å². The molecule has 2 rings (SSSR count). The van der Waals surface area contributed by atoms with Crippen LogP contribution in [0.15, 0.2) is 9.98 Å². The molecule has 0 aromatic rings. The summed E-state index contributed by atoms with van der Waals surface area (Å²) < 4.78 is 11.3. The molecule has 0 saturated carbocycles. The second kappa shape index (κ2) is 6.80. The van der Waals surface area contributed by atoms with Gasteiger partial charge in [0.25, 0.3) is 0 Å². The average Bonchev–Trinajstić information content (AvgIpc) is 3.00. The smallest absolute Gasteiger partial charge is 0.199 e. The molecule has 0 amide bonds. The lowest BCUT2D eigenvalue weighted by Crippen LogP contribution is -2.34. The summed E-state index contributed by atoms with van der Waals surface area (Å²) in [7, 11) is 0. The van der Waals surface area contributed by atoms with Crippen LogP contribution in [-0.4, -0.2) is 37.6 Å². The predicted molar refractivity (Wildman–Crippen MR) is 89.2 cm³/mol. The summed E-state index contributed by atoms with van der Waals surface area (Å²) in [6.07, 6.45) is 0. The van der Waals surface area contributed by atoms with Gasteiger partial charge in [-0.15, -0.1) is 0 Å². The van der Waals surface area contributed by atoms with Gasteiger partial charge in [0.15, 0.2) is 11.8 Å². The number of nitrogens with zero attached hydrogens (tertiary/aromatic N) is 2. The zero-order valence-electron chi connectivity index (χ0n) is 15.0. The van der Waals surface area contributed by atoms with Crippen molar-refractivity contribution in [2.45, 2.75) is 61.4 Å². The fourth-order valence-electron chi connectivity index (χ4n) is 1.96. The largest absolute Gasteiger partial charge is 0.478 e. The van der Waals surface area contributed by atoms with E-state index in [1.54, 1.807) is 0 Å². The fraction of sp³-hybridized carbons (Fsp3) is 0.882. The van der Waals surface area contributed by atoms with Gasteiger partial charge in [-0.3, -0.25) is 4.99 Å². The van der Waals surface area contributed by atoms with Crippen molar-refractivity contribution in [3.63, 3.8) is 0 Å². The van der Waals surface area contributed by atoms with Gasteiger partial charge in [-0.25, -0.2) is 4.99 Å². The zero-order valence-corrected chi connectivity index (χ0v) is 15.0. The van der Waals surface area contributed by atoms with Gasteiger partial charge in [0, 0.05) is 0 Å². The predicted octanol–water partition coefficient (Wildman–Crippen LogP) is 3.95. The molecule has 4 nitrogen and oxygen atoms in total. The minimum absolute atomic E-state index is 0.135. The van der Waals surface area contributed by atoms with Crippen molar-refractivity contribution in [1.82, 2.24) is 0 Å². The van der Waals surface area contributed by atoms with Crippen LogP contribution in [0.2, 0.25) is 0 Å². The Hall–Kier alpha value is -1.06. The molecule has 2 aliphatic heterocycles. The van der Waals surface area contributed by atoms with Crippen molar-refractivity contribution < 1.29 is 9.47 Å². The first-order valence-electron chi connectivity index (χ1n) is 7.94. The lowest BCUT2D eigenvalue weighted by atomic mass is 9.88. The molecule has 0 aromatic carbocycles. The van der Waals surface area contributed by atoms with Crippen LogP contribution in [0.1, 0.15) is 55.4 Å². The molecule has 1 atom stereocenters. The van der Waals surface area contributed by atoms with E-state index in [0.29, 0.717) is 13.2 Å². The molecule has 0 spiro atoms. The third kappa shape index (κ3) is 5.01. The Kier molecular flexibility index (Phi) is 5.83. The molecule has 0 radical (unpaired) electrons. The number of aliphatic imine (C=N–C) groups is 2. The third-order valence-corrected chi connectivity index (χ3v) is 3.31. The number of hydrogen-bond acceptors (Lipinski definition) is 4.